The number of rotatable bonds is 4. The van der Waals surface area contributed by atoms with Gasteiger partial charge >= 0.3 is 0 Å². The van der Waals surface area contributed by atoms with Crippen molar-refractivity contribution >= 4 is 40.0 Å². The third-order valence-electron chi connectivity index (χ3n) is 6.06. The first kappa shape index (κ1) is 21.1. The van der Waals surface area contributed by atoms with Gasteiger partial charge in [-0.15, -0.1) is 5.10 Å². The normalized spacial score (nSPS) is 14.6. The molecule has 1 unspecified atom stereocenters. The summed E-state index contributed by atoms with van der Waals surface area (Å²) in [5, 5.41) is 8.11. The number of carbonyl (C=O) groups excluding carboxylic acids is 1. The fourth-order valence-electron chi connectivity index (χ4n) is 4.30. The van der Waals surface area contributed by atoms with Gasteiger partial charge in [0.1, 0.15) is 5.03 Å². The lowest BCUT2D eigenvalue weighted by Gasteiger charge is -2.25. The minimum atomic E-state index is -0.309. The van der Waals surface area contributed by atoms with Crippen LogP contribution in [-0.2, 0) is 0 Å². The molecule has 0 spiro atoms. The molecule has 3 aromatic carbocycles. The van der Waals surface area contributed by atoms with Crippen LogP contribution in [0.15, 0.2) is 89.0 Å². The Balaban J connectivity index is 1.48. The number of halogens is 1. The highest BCUT2D eigenvalue weighted by molar-refractivity contribution is 7.99. The summed E-state index contributed by atoms with van der Waals surface area (Å²) in [6.07, 6.45) is 0.249. The van der Waals surface area contributed by atoms with Crippen LogP contribution in [0.25, 0.3) is 22.3 Å². The van der Waals surface area contributed by atoms with Crippen LogP contribution in [0.1, 0.15) is 33.9 Å². The summed E-state index contributed by atoms with van der Waals surface area (Å²) in [7, 11) is 0. The van der Waals surface area contributed by atoms with E-state index < -0.39 is 0 Å². The molecule has 6 rings (SSSR count). The van der Waals surface area contributed by atoms with E-state index in [4.69, 9.17) is 26.7 Å². The highest BCUT2D eigenvalue weighted by atomic mass is 35.5. The van der Waals surface area contributed by atoms with Crippen molar-refractivity contribution < 1.29 is 4.79 Å². The predicted molar refractivity (Wildman–Crippen MR) is 135 cm³/mol. The summed E-state index contributed by atoms with van der Waals surface area (Å²) >= 11 is 7.53. The highest BCUT2D eigenvalue weighted by Crippen LogP contribution is 2.43. The molecule has 0 N–H and O–H groups in total. The Hall–Kier alpha value is -3.48. The number of Topliss-reactive ketones (excluding diaryl/α,β-unsaturated/α-hetero) is 1. The molecule has 0 saturated carbocycles. The molecule has 0 aliphatic carbocycles. The van der Waals surface area contributed by atoms with E-state index in [2.05, 4.69) is 25.1 Å². The molecule has 1 atom stereocenters. The minimum Gasteiger partial charge on any atom is -0.294 e. The fourth-order valence-corrected chi connectivity index (χ4v) is 5.44. The van der Waals surface area contributed by atoms with Crippen LogP contribution < -0.4 is 0 Å². The second-order valence-corrected chi connectivity index (χ2v) is 9.70. The van der Waals surface area contributed by atoms with Gasteiger partial charge in [-0.3, -0.25) is 4.79 Å². The standard InChI is InChI=1S/C27H19ClN4OS/c1-16-6-5-9-19-14-21-22(15-23(33)17-10-12-20(28)13-11-17)32-27(34-26(21)29-24(16)19)30-25(31-32)18-7-3-2-4-8-18/h2-14,22H,15H2,1H3. The van der Waals surface area contributed by atoms with Crippen molar-refractivity contribution in [3.63, 3.8) is 0 Å². The molecule has 2 aromatic heterocycles. The molecule has 34 heavy (non-hydrogen) atoms. The summed E-state index contributed by atoms with van der Waals surface area (Å²) < 4.78 is 1.88. The van der Waals surface area contributed by atoms with E-state index in [0.717, 1.165) is 37.8 Å². The number of para-hydroxylation sites is 1. The van der Waals surface area contributed by atoms with E-state index >= 15 is 0 Å². The third-order valence-corrected chi connectivity index (χ3v) is 7.29. The molecule has 1 aliphatic rings. The predicted octanol–water partition coefficient (Wildman–Crippen LogP) is 6.78. The molecule has 3 heterocycles. The molecular weight excluding hydrogens is 464 g/mol. The molecule has 0 amide bonds. The topological polar surface area (TPSA) is 60.7 Å². The molecule has 0 radical (unpaired) electrons. The number of pyridine rings is 1. The Labute approximate surface area is 205 Å². The summed E-state index contributed by atoms with van der Waals surface area (Å²) in [6.45, 7) is 2.06. The van der Waals surface area contributed by atoms with Crippen LogP contribution in [-0.4, -0.2) is 25.5 Å². The van der Waals surface area contributed by atoms with Crippen LogP contribution in [0.3, 0.4) is 0 Å². The lowest BCUT2D eigenvalue weighted by Crippen LogP contribution is -2.21. The second kappa shape index (κ2) is 8.38. The number of fused-ring (bicyclic) bond motifs is 3. The lowest BCUT2D eigenvalue weighted by molar-refractivity contribution is 0.0964. The highest BCUT2D eigenvalue weighted by Gasteiger charge is 2.32. The number of hydrogen-bond acceptors (Lipinski definition) is 5. The number of aryl methyl sites for hydroxylation is 1. The van der Waals surface area contributed by atoms with E-state index in [1.54, 1.807) is 24.3 Å². The smallest absolute Gasteiger partial charge is 0.193 e. The minimum absolute atomic E-state index is 0.0200. The first-order valence-electron chi connectivity index (χ1n) is 11.0. The van der Waals surface area contributed by atoms with Crippen molar-refractivity contribution in [3.05, 3.63) is 101 Å². The zero-order valence-electron chi connectivity index (χ0n) is 18.3. The molecule has 1 aliphatic heterocycles. The Morgan fingerprint density at radius 1 is 1.00 bits per heavy atom. The van der Waals surface area contributed by atoms with Gasteiger partial charge in [-0.05, 0) is 54.6 Å². The zero-order valence-corrected chi connectivity index (χ0v) is 19.8. The average molecular weight is 483 g/mol. The van der Waals surface area contributed by atoms with Crippen LogP contribution in [0.4, 0.5) is 0 Å². The fraction of sp³-hybridized carbons (Fsp3) is 0.111. The summed E-state index contributed by atoms with van der Waals surface area (Å²) in [5.41, 5.74) is 4.63. The Morgan fingerprint density at radius 3 is 2.59 bits per heavy atom. The number of ketones is 1. The van der Waals surface area contributed by atoms with Gasteiger partial charge in [0.25, 0.3) is 0 Å². The quantitative estimate of drug-likeness (QED) is 0.264. The third kappa shape index (κ3) is 3.69. The van der Waals surface area contributed by atoms with Gasteiger partial charge in [0.15, 0.2) is 16.8 Å². The van der Waals surface area contributed by atoms with Crippen molar-refractivity contribution in [1.29, 1.82) is 0 Å². The van der Waals surface area contributed by atoms with Gasteiger partial charge in [-0.1, -0.05) is 60.1 Å². The van der Waals surface area contributed by atoms with E-state index in [0.29, 0.717) is 16.4 Å². The number of carbonyl (C=O) groups is 1. The van der Waals surface area contributed by atoms with E-state index in [-0.39, 0.29) is 18.2 Å². The average Bonchev–Trinajstić information content (AvgIpc) is 3.28. The summed E-state index contributed by atoms with van der Waals surface area (Å²) in [4.78, 5) is 23.1. The number of hydrogen-bond donors (Lipinski definition) is 0. The van der Waals surface area contributed by atoms with E-state index in [9.17, 15) is 4.79 Å². The molecular formula is C27H19ClN4OS. The van der Waals surface area contributed by atoms with E-state index in [1.165, 1.54) is 11.8 Å². The van der Waals surface area contributed by atoms with E-state index in [1.807, 2.05) is 41.1 Å². The lowest BCUT2D eigenvalue weighted by atomic mass is 9.97. The summed E-state index contributed by atoms with van der Waals surface area (Å²) in [5.74, 6) is 0.659. The number of aromatic nitrogens is 4. The summed E-state index contributed by atoms with van der Waals surface area (Å²) in [6, 6.07) is 24.9. The zero-order chi connectivity index (χ0) is 23.2. The molecule has 5 nitrogen and oxygen atoms in total. The molecule has 5 aromatic rings. The number of benzene rings is 3. The van der Waals surface area contributed by atoms with Crippen LogP contribution >= 0.6 is 23.4 Å². The van der Waals surface area contributed by atoms with Gasteiger partial charge in [0.05, 0.1) is 11.6 Å². The van der Waals surface area contributed by atoms with Gasteiger partial charge in [-0.25, -0.2) is 14.6 Å². The first-order valence-corrected chi connectivity index (χ1v) is 12.1. The number of nitrogens with zero attached hydrogens (tertiary/aromatic N) is 4. The second-order valence-electron chi connectivity index (χ2n) is 8.31. The van der Waals surface area contributed by atoms with Crippen LogP contribution in [0, 0.1) is 6.92 Å². The molecule has 166 valence electrons. The maximum absolute atomic E-state index is 13.3. The Kier molecular flexibility index (Phi) is 5.20. The van der Waals surface area contributed by atoms with Crippen LogP contribution in [0.2, 0.25) is 5.02 Å². The monoisotopic (exact) mass is 482 g/mol. The van der Waals surface area contributed by atoms with Crippen molar-refractivity contribution in [2.24, 2.45) is 0 Å². The van der Waals surface area contributed by atoms with Crippen LogP contribution in [0.5, 0.6) is 0 Å². The van der Waals surface area contributed by atoms with Gasteiger partial charge in [-0.2, -0.15) is 0 Å². The van der Waals surface area contributed by atoms with Gasteiger partial charge in [0, 0.05) is 33.5 Å². The van der Waals surface area contributed by atoms with Gasteiger partial charge in [0.2, 0.25) is 0 Å². The molecule has 0 saturated heterocycles. The molecule has 0 bridgehead atoms. The Bertz CT molecular complexity index is 1550. The van der Waals surface area contributed by atoms with Crippen molar-refractivity contribution in [2.75, 3.05) is 0 Å². The Morgan fingerprint density at radius 2 is 1.79 bits per heavy atom. The van der Waals surface area contributed by atoms with Gasteiger partial charge < -0.3 is 0 Å². The van der Waals surface area contributed by atoms with Crippen molar-refractivity contribution in [2.45, 2.75) is 29.6 Å². The maximum Gasteiger partial charge on any atom is 0.193 e. The van der Waals surface area contributed by atoms with Crippen molar-refractivity contribution in [1.82, 2.24) is 19.7 Å². The first-order chi connectivity index (χ1) is 16.6. The largest absolute Gasteiger partial charge is 0.294 e. The maximum atomic E-state index is 13.3. The van der Waals surface area contributed by atoms with Crippen molar-refractivity contribution in [3.8, 4) is 11.4 Å². The SMILES string of the molecule is Cc1cccc2cc3c(nc12)Sc1nc(-c2ccccc2)nn1C3CC(=O)c1ccc(Cl)cc1. The molecule has 0 fully saturated rings. The molecule has 7 heteroatoms.